The number of piperidine rings is 2. The minimum absolute atomic E-state index is 0.0866. The number of rotatable bonds is 0. The van der Waals surface area contributed by atoms with Crippen LogP contribution >= 0.6 is 0 Å². The molecular weight excluding hydrogens is 164 g/mol. The quantitative estimate of drug-likeness (QED) is 0.558. The maximum Gasteiger partial charge on any atom is 0.0633 e. The number of nitrogens with one attached hydrogen (secondary N) is 1. The van der Waals surface area contributed by atoms with Gasteiger partial charge in [0.25, 0.3) is 0 Å². The van der Waals surface area contributed by atoms with Crippen LogP contribution in [0.15, 0.2) is 0 Å². The van der Waals surface area contributed by atoms with E-state index in [9.17, 15) is 5.11 Å². The Morgan fingerprint density at radius 3 is 3.08 bits per heavy atom. The van der Waals surface area contributed by atoms with Gasteiger partial charge >= 0.3 is 0 Å². The summed E-state index contributed by atoms with van der Waals surface area (Å²) >= 11 is 0. The molecule has 2 unspecified atom stereocenters. The van der Waals surface area contributed by atoms with E-state index in [0.717, 1.165) is 26.1 Å². The summed E-state index contributed by atoms with van der Waals surface area (Å²) in [5.74, 6) is 0. The van der Waals surface area contributed by atoms with Crippen LogP contribution < -0.4 is 5.32 Å². The summed E-state index contributed by atoms with van der Waals surface area (Å²) in [6.45, 7) is 4.22. The van der Waals surface area contributed by atoms with Crippen molar-refractivity contribution in [1.29, 1.82) is 0 Å². The highest BCUT2D eigenvalue weighted by atomic mass is 16.3. The Hall–Kier alpha value is -0.120. The Morgan fingerprint density at radius 2 is 2.38 bits per heavy atom. The Morgan fingerprint density at radius 1 is 1.54 bits per heavy atom. The van der Waals surface area contributed by atoms with Crippen LogP contribution in [0.1, 0.15) is 19.3 Å². The van der Waals surface area contributed by atoms with Gasteiger partial charge in [-0.3, -0.25) is 0 Å². The first-order chi connectivity index (χ1) is 6.23. The minimum atomic E-state index is -0.0866. The van der Waals surface area contributed by atoms with Gasteiger partial charge in [-0.15, -0.1) is 0 Å². The Bertz CT molecular complexity index is 182. The van der Waals surface area contributed by atoms with Crippen LogP contribution in [0.3, 0.4) is 0 Å². The van der Waals surface area contributed by atoms with Crippen LogP contribution in [0, 0.1) is 5.41 Å². The summed E-state index contributed by atoms with van der Waals surface area (Å²) in [5, 5.41) is 13.4. The molecule has 3 heteroatoms. The van der Waals surface area contributed by atoms with E-state index in [1.54, 1.807) is 0 Å². The summed E-state index contributed by atoms with van der Waals surface area (Å²) in [4.78, 5) is 2.35. The van der Waals surface area contributed by atoms with Crippen LogP contribution in [0.4, 0.5) is 0 Å². The lowest BCUT2D eigenvalue weighted by molar-refractivity contribution is -0.0439. The molecule has 2 rings (SSSR count). The molecule has 0 bridgehead atoms. The van der Waals surface area contributed by atoms with E-state index in [1.165, 1.54) is 19.4 Å². The average molecular weight is 184 g/mol. The molecule has 0 radical (unpaired) electrons. The van der Waals surface area contributed by atoms with E-state index in [1.807, 2.05) is 0 Å². The zero-order valence-corrected chi connectivity index (χ0v) is 8.42. The van der Waals surface area contributed by atoms with Gasteiger partial charge in [0.1, 0.15) is 0 Å². The van der Waals surface area contributed by atoms with Crippen molar-refractivity contribution >= 4 is 0 Å². The monoisotopic (exact) mass is 184 g/mol. The second kappa shape index (κ2) is 3.56. The molecular formula is C10H20N2O. The highest BCUT2D eigenvalue weighted by molar-refractivity contribution is 4.96. The van der Waals surface area contributed by atoms with Crippen LogP contribution in [-0.4, -0.2) is 49.3 Å². The van der Waals surface area contributed by atoms with Gasteiger partial charge in [0.05, 0.1) is 6.10 Å². The first-order valence-corrected chi connectivity index (χ1v) is 5.30. The normalized spacial score (nSPS) is 42.5. The molecule has 1 spiro atoms. The largest absolute Gasteiger partial charge is 0.392 e. The van der Waals surface area contributed by atoms with Crippen molar-refractivity contribution in [3.05, 3.63) is 0 Å². The van der Waals surface area contributed by atoms with E-state index in [-0.39, 0.29) is 11.5 Å². The molecule has 3 nitrogen and oxygen atoms in total. The van der Waals surface area contributed by atoms with Gasteiger partial charge in [0.15, 0.2) is 0 Å². The first-order valence-electron chi connectivity index (χ1n) is 5.30. The minimum Gasteiger partial charge on any atom is -0.392 e. The lowest BCUT2D eigenvalue weighted by Crippen LogP contribution is -2.57. The lowest BCUT2D eigenvalue weighted by atomic mass is 9.72. The van der Waals surface area contributed by atoms with E-state index >= 15 is 0 Å². The predicted octanol–water partition coefficient (Wildman–Crippen LogP) is 0.0526. The van der Waals surface area contributed by atoms with Crippen LogP contribution in [0.2, 0.25) is 0 Å². The molecule has 2 atom stereocenters. The Labute approximate surface area is 80.1 Å². The molecule has 13 heavy (non-hydrogen) atoms. The van der Waals surface area contributed by atoms with Crippen molar-refractivity contribution in [2.24, 2.45) is 5.41 Å². The van der Waals surface area contributed by atoms with Crippen molar-refractivity contribution in [3.8, 4) is 0 Å². The number of aliphatic hydroxyl groups is 1. The van der Waals surface area contributed by atoms with E-state index in [4.69, 9.17) is 0 Å². The molecule has 0 aromatic carbocycles. The molecule has 0 aromatic rings. The van der Waals surface area contributed by atoms with Gasteiger partial charge in [-0.1, -0.05) is 0 Å². The molecule has 0 amide bonds. The summed E-state index contributed by atoms with van der Waals surface area (Å²) in [6, 6.07) is 0. The standard InChI is InChI=1S/C10H20N2O/c1-12-6-2-4-10(8-12)7-11-5-3-9(10)13/h9,11,13H,2-8H2,1H3. The maximum atomic E-state index is 10.0. The topological polar surface area (TPSA) is 35.5 Å². The summed E-state index contributed by atoms with van der Waals surface area (Å²) in [5.41, 5.74) is 0.158. The average Bonchev–Trinajstić information content (AvgIpc) is 2.11. The zero-order chi connectivity index (χ0) is 9.31. The van der Waals surface area contributed by atoms with Crippen LogP contribution in [-0.2, 0) is 0 Å². The smallest absolute Gasteiger partial charge is 0.0633 e. The third kappa shape index (κ3) is 1.73. The van der Waals surface area contributed by atoms with Gasteiger partial charge in [-0.05, 0) is 39.4 Å². The van der Waals surface area contributed by atoms with E-state index < -0.39 is 0 Å². The number of nitrogens with zero attached hydrogens (tertiary/aromatic N) is 1. The van der Waals surface area contributed by atoms with Gasteiger partial charge in [0, 0.05) is 18.5 Å². The van der Waals surface area contributed by atoms with Gasteiger partial charge in [-0.25, -0.2) is 0 Å². The fraction of sp³-hybridized carbons (Fsp3) is 1.00. The first kappa shape index (κ1) is 9.44. The van der Waals surface area contributed by atoms with Crippen LogP contribution in [0.5, 0.6) is 0 Å². The van der Waals surface area contributed by atoms with Crippen molar-refractivity contribution in [3.63, 3.8) is 0 Å². The van der Waals surface area contributed by atoms with Crippen LogP contribution in [0.25, 0.3) is 0 Å². The number of hydrogen-bond acceptors (Lipinski definition) is 3. The van der Waals surface area contributed by atoms with Crippen molar-refractivity contribution in [1.82, 2.24) is 10.2 Å². The number of aliphatic hydroxyl groups excluding tert-OH is 1. The third-order valence-corrected chi connectivity index (χ3v) is 3.58. The number of likely N-dealkylation sites (tertiary alicyclic amines) is 1. The third-order valence-electron chi connectivity index (χ3n) is 3.58. The lowest BCUT2D eigenvalue weighted by Gasteiger charge is -2.47. The molecule has 0 saturated carbocycles. The molecule has 0 aromatic heterocycles. The molecule has 0 aliphatic carbocycles. The van der Waals surface area contributed by atoms with Crippen molar-refractivity contribution in [2.75, 3.05) is 33.2 Å². The highest BCUT2D eigenvalue weighted by Crippen LogP contribution is 2.35. The highest BCUT2D eigenvalue weighted by Gasteiger charge is 2.42. The van der Waals surface area contributed by atoms with Gasteiger partial charge < -0.3 is 15.3 Å². The summed E-state index contributed by atoms with van der Waals surface area (Å²) in [7, 11) is 2.15. The SMILES string of the molecule is CN1CCCC2(CNCCC2O)C1. The second-order valence-corrected chi connectivity index (χ2v) is 4.68. The molecule has 2 fully saturated rings. The Kier molecular flexibility index (Phi) is 2.58. The second-order valence-electron chi connectivity index (χ2n) is 4.68. The van der Waals surface area contributed by atoms with Gasteiger partial charge in [-0.2, -0.15) is 0 Å². The van der Waals surface area contributed by atoms with Crippen molar-refractivity contribution < 1.29 is 5.11 Å². The fourth-order valence-electron chi connectivity index (χ4n) is 2.81. The molecule has 2 N–H and O–H groups in total. The molecule has 76 valence electrons. The summed E-state index contributed by atoms with van der Waals surface area (Å²) < 4.78 is 0. The van der Waals surface area contributed by atoms with Gasteiger partial charge in [0.2, 0.25) is 0 Å². The number of hydrogen-bond donors (Lipinski definition) is 2. The predicted molar refractivity (Wildman–Crippen MR) is 52.7 cm³/mol. The molecule has 2 heterocycles. The van der Waals surface area contributed by atoms with E-state index in [2.05, 4.69) is 17.3 Å². The molecule has 2 saturated heterocycles. The fourth-order valence-corrected chi connectivity index (χ4v) is 2.81. The molecule has 2 aliphatic heterocycles. The Balaban J connectivity index is 2.07. The maximum absolute atomic E-state index is 10.0. The van der Waals surface area contributed by atoms with Crippen molar-refractivity contribution in [2.45, 2.75) is 25.4 Å². The van der Waals surface area contributed by atoms with E-state index in [0.29, 0.717) is 0 Å². The summed E-state index contributed by atoms with van der Waals surface area (Å²) in [6.07, 6.45) is 3.26. The zero-order valence-electron chi connectivity index (χ0n) is 8.42. The molecule has 2 aliphatic rings.